The molecule has 0 radical (unpaired) electrons. The van der Waals surface area contributed by atoms with Crippen LogP contribution in [-0.4, -0.2) is 64.3 Å². The third-order valence-corrected chi connectivity index (χ3v) is 14.4. The van der Waals surface area contributed by atoms with Gasteiger partial charge in [-0.05, 0) is 68.9 Å². The molecule has 6 atom stereocenters. The number of hydrogen-bond donors (Lipinski definition) is 1. The van der Waals surface area contributed by atoms with Crippen molar-refractivity contribution in [1.82, 2.24) is 19.6 Å². The highest BCUT2D eigenvalue weighted by atomic mass is 35.5. The minimum atomic E-state index is -3.81. The first-order valence-electron chi connectivity index (χ1n) is 18.3. The number of allylic oxidation sites excluding steroid dienone is 1. The van der Waals surface area contributed by atoms with Gasteiger partial charge in [0, 0.05) is 35.6 Å². The van der Waals surface area contributed by atoms with Gasteiger partial charge < -0.3 is 9.64 Å². The molecule has 52 heavy (non-hydrogen) atoms. The largest absolute Gasteiger partial charge is 0.487 e. The molecule has 1 saturated heterocycles. The van der Waals surface area contributed by atoms with Crippen LogP contribution in [0.4, 0.5) is 0 Å². The van der Waals surface area contributed by atoms with Crippen LogP contribution in [0.2, 0.25) is 5.02 Å². The smallest absolute Gasteiger partial charge is 0.240 e. The van der Waals surface area contributed by atoms with Gasteiger partial charge in [-0.15, -0.1) is 17.9 Å². The Bertz CT molecular complexity index is 2030. The molecule has 280 valence electrons. The number of halogens is 1. The Morgan fingerprint density at radius 1 is 1.19 bits per heavy atom. The van der Waals surface area contributed by atoms with Crippen LogP contribution >= 0.6 is 22.9 Å². The van der Waals surface area contributed by atoms with Crippen LogP contribution in [0.5, 0.6) is 5.75 Å². The zero-order valence-electron chi connectivity index (χ0n) is 30.9. The van der Waals surface area contributed by atoms with E-state index in [1.807, 2.05) is 58.2 Å². The van der Waals surface area contributed by atoms with Gasteiger partial charge in [0.05, 0.1) is 39.0 Å². The van der Waals surface area contributed by atoms with Crippen LogP contribution < -0.4 is 9.46 Å². The van der Waals surface area contributed by atoms with Crippen LogP contribution in [0.3, 0.4) is 0 Å². The van der Waals surface area contributed by atoms with E-state index in [2.05, 4.69) is 25.1 Å². The number of carbonyl (C=O) groups excluding carboxylic acids is 3. The number of aryl methyl sites for hydroxylation is 1. The Kier molecular flexibility index (Phi) is 10.7. The number of Topliss-reactive ketones (excluding diaryl/α,β-unsaturated/α-hetero) is 1. The average Bonchev–Trinajstić information content (AvgIpc) is 3.99. The summed E-state index contributed by atoms with van der Waals surface area (Å²) in [6, 6.07) is 4.31. The Morgan fingerprint density at radius 2 is 1.90 bits per heavy atom. The molecule has 0 bridgehead atoms. The third kappa shape index (κ3) is 7.14. The van der Waals surface area contributed by atoms with E-state index in [0.29, 0.717) is 53.1 Å². The van der Waals surface area contributed by atoms with E-state index < -0.39 is 44.8 Å². The lowest BCUT2D eigenvalue weighted by Crippen LogP contribution is -2.49. The number of nitrogens with zero attached hydrogens (tertiary/aromatic N) is 3. The van der Waals surface area contributed by atoms with Crippen molar-refractivity contribution in [2.45, 2.75) is 116 Å². The van der Waals surface area contributed by atoms with Gasteiger partial charge in [0.2, 0.25) is 21.8 Å². The van der Waals surface area contributed by atoms with Crippen LogP contribution in [0, 0.1) is 30.1 Å². The van der Waals surface area contributed by atoms with Gasteiger partial charge in [-0.2, -0.15) is 0 Å². The van der Waals surface area contributed by atoms with Crippen molar-refractivity contribution in [2.24, 2.45) is 23.2 Å². The lowest BCUT2D eigenvalue weighted by Gasteiger charge is -2.33. The molecule has 0 unspecified atom stereocenters. The fourth-order valence-corrected chi connectivity index (χ4v) is 10.1. The number of sulfonamides is 1. The van der Waals surface area contributed by atoms with E-state index in [-0.39, 0.29) is 48.2 Å². The Labute approximate surface area is 315 Å². The van der Waals surface area contributed by atoms with Crippen LogP contribution in [0.1, 0.15) is 97.2 Å². The fourth-order valence-electron chi connectivity index (χ4n) is 7.58. The molecule has 6 rings (SSSR count). The number of ether oxygens (including phenoxy) is 1. The molecular formula is C39H49ClN4O6S2. The minimum absolute atomic E-state index is 0.0323. The monoisotopic (exact) mass is 768 g/mol. The minimum Gasteiger partial charge on any atom is -0.487 e. The van der Waals surface area contributed by atoms with E-state index in [0.717, 1.165) is 16.3 Å². The first-order chi connectivity index (χ1) is 24.5. The molecular weight excluding hydrogens is 720 g/mol. The number of ketones is 1. The van der Waals surface area contributed by atoms with Crippen molar-refractivity contribution in [3.63, 3.8) is 0 Å². The Hall–Kier alpha value is -3.35. The number of nitrogens with one attached hydrogen (secondary N) is 1. The normalized spacial score (nSPS) is 25.1. The maximum Gasteiger partial charge on any atom is 0.240 e. The molecule has 3 aliphatic rings. The summed E-state index contributed by atoms with van der Waals surface area (Å²) in [5.74, 6) is -0.983. The maximum atomic E-state index is 14.5. The number of pyridine rings is 1. The number of fused-ring (bicyclic) bond motifs is 1. The summed E-state index contributed by atoms with van der Waals surface area (Å²) in [5, 5.41) is 3.38. The molecule has 10 nitrogen and oxygen atoms in total. The molecule has 1 N–H and O–H groups in total. The number of aromatic nitrogens is 2. The van der Waals surface area contributed by atoms with E-state index >= 15 is 0 Å². The number of benzene rings is 1. The summed E-state index contributed by atoms with van der Waals surface area (Å²) in [6.07, 6.45) is 2.95. The van der Waals surface area contributed by atoms with Crippen molar-refractivity contribution >= 4 is 61.5 Å². The van der Waals surface area contributed by atoms with E-state index in [1.165, 1.54) is 11.3 Å². The molecule has 2 aromatic heterocycles. The Balaban J connectivity index is 1.35. The van der Waals surface area contributed by atoms with Crippen molar-refractivity contribution in [2.75, 3.05) is 0 Å². The fraction of sp³-hybridized carbons (Fsp3) is 0.564. The van der Waals surface area contributed by atoms with Gasteiger partial charge in [0.15, 0.2) is 5.78 Å². The molecule has 3 aromatic rings. The summed E-state index contributed by atoms with van der Waals surface area (Å²) < 4.78 is 34.6. The Morgan fingerprint density at radius 3 is 2.48 bits per heavy atom. The second-order valence-corrected chi connectivity index (χ2v) is 18.7. The number of hydrogen-bond acceptors (Lipinski definition) is 9. The standard InChI is InChI=1S/C39H49ClN4O6S2/c1-9-24-17-39(24,38(47)43-52(48,49)25-12-13-25)18-31(45)30-16-32(23(8)44(30)37(46)26(10-2)20(3)4)50-33-15-28(36-42-29(19-51-36)21(5)6)41-35-27(33)14-11-22(7)34(35)40/h9,11,14-15,19-21,23-26,30,32H,1,10,12-13,16-18H2,2-8H3,(H,43,47)/t23-,24-,26-,30+,32-,39-/m1/s1. The molecule has 2 saturated carbocycles. The SMILES string of the molecule is C=C[C@@H]1C[C@]1(CC(=O)[C@@H]1C[C@@H](Oc2cc(-c3nc(C(C)C)cs3)nc3c(Cl)c(C)ccc23)[C@@H](C)N1C(=O)[C@H](CC)C(C)C)C(=O)NS(=O)(=O)C1CC1. The topological polar surface area (TPSA) is 136 Å². The first kappa shape index (κ1) is 38.4. The van der Waals surface area contributed by atoms with Gasteiger partial charge in [0.25, 0.3) is 0 Å². The maximum absolute atomic E-state index is 14.5. The molecule has 0 spiro atoms. The van der Waals surface area contributed by atoms with Crippen molar-refractivity contribution < 1.29 is 27.5 Å². The quantitative estimate of drug-likeness (QED) is 0.166. The lowest BCUT2D eigenvalue weighted by molar-refractivity contribution is -0.145. The predicted octanol–water partition coefficient (Wildman–Crippen LogP) is 7.62. The molecule has 2 amide bonds. The summed E-state index contributed by atoms with van der Waals surface area (Å²) in [7, 11) is -3.81. The first-order valence-corrected chi connectivity index (χ1v) is 21.1. The predicted molar refractivity (Wildman–Crippen MR) is 205 cm³/mol. The molecule has 13 heteroatoms. The zero-order chi connectivity index (χ0) is 37.9. The average molecular weight is 769 g/mol. The van der Waals surface area contributed by atoms with Crippen LogP contribution in [0.15, 0.2) is 36.2 Å². The van der Waals surface area contributed by atoms with Crippen molar-refractivity contribution in [1.29, 1.82) is 0 Å². The van der Waals surface area contributed by atoms with Gasteiger partial charge in [-0.3, -0.25) is 19.1 Å². The van der Waals surface area contributed by atoms with Crippen molar-refractivity contribution in [3.8, 4) is 16.5 Å². The van der Waals surface area contributed by atoms with Crippen molar-refractivity contribution in [3.05, 3.63) is 52.5 Å². The molecule has 1 aromatic carbocycles. The molecule has 1 aliphatic heterocycles. The highest BCUT2D eigenvalue weighted by molar-refractivity contribution is 7.90. The lowest BCUT2D eigenvalue weighted by atomic mass is 9.89. The summed E-state index contributed by atoms with van der Waals surface area (Å²) >= 11 is 8.33. The van der Waals surface area contributed by atoms with Gasteiger partial charge >= 0.3 is 0 Å². The third-order valence-electron chi connectivity index (χ3n) is 11.2. The summed E-state index contributed by atoms with van der Waals surface area (Å²) in [4.78, 5) is 53.8. The number of likely N-dealkylation sites (tertiary alicyclic amines) is 1. The number of rotatable bonds is 14. The van der Waals surface area contributed by atoms with Crippen LogP contribution in [0.25, 0.3) is 21.6 Å². The second-order valence-electron chi connectivity index (χ2n) is 15.5. The number of amides is 2. The summed E-state index contributed by atoms with van der Waals surface area (Å²) in [6.45, 7) is 17.8. The zero-order valence-corrected chi connectivity index (χ0v) is 33.3. The summed E-state index contributed by atoms with van der Waals surface area (Å²) in [5.41, 5.74) is 1.78. The molecule has 2 aliphatic carbocycles. The van der Waals surface area contributed by atoms with E-state index in [1.54, 1.807) is 11.0 Å². The second kappa shape index (κ2) is 14.5. The van der Waals surface area contributed by atoms with Gasteiger partial charge in [-0.25, -0.2) is 18.4 Å². The number of thiazole rings is 1. The highest BCUT2D eigenvalue weighted by Crippen LogP contribution is 2.57. The van der Waals surface area contributed by atoms with Crippen LogP contribution in [-0.2, 0) is 24.4 Å². The van der Waals surface area contributed by atoms with Gasteiger partial charge in [-0.1, -0.05) is 58.4 Å². The highest BCUT2D eigenvalue weighted by Gasteiger charge is 2.62. The molecule has 3 heterocycles. The number of carbonyl (C=O) groups is 3. The van der Waals surface area contributed by atoms with E-state index in [9.17, 15) is 22.8 Å². The van der Waals surface area contributed by atoms with Gasteiger partial charge in [0.1, 0.15) is 22.6 Å². The molecule has 3 fully saturated rings. The van der Waals surface area contributed by atoms with E-state index in [4.69, 9.17) is 26.3 Å².